The first-order valence-electron chi connectivity index (χ1n) is 7.05. The monoisotopic (exact) mass is 280 g/mol. The number of guanidine groups is 1. The van der Waals surface area contributed by atoms with Gasteiger partial charge in [0.25, 0.3) is 0 Å². The summed E-state index contributed by atoms with van der Waals surface area (Å²) >= 11 is 0. The van der Waals surface area contributed by atoms with Crippen LogP contribution in [0.5, 0.6) is 0 Å². The van der Waals surface area contributed by atoms with Gasteiger partial charge in [-0.1, -0.05) is 6.92 Å². The molecule has 2 N–H and O–H groups in total. The van der Waals surface area contributed by atoms with E-state index in [4.69, 9.17) is 9.15 Å². The summed E-state index contributed by atoms with van der Waals surface area (Å²) in [6, 6.07) is 0. The van der Waals surface area contributed by atoms with Crippen molar-refractivity contribution in [3.05, 3.63) is 17.3 Å². The van der Waals surface area contributed by atoms with E-state index in [1.165, 1.54) is 0 Å². The number of aromatic nitrogens is 1. The maximum Gasteiger partial charge on any atom is 0.216 e. The minimum atomic E-state index is 0.215. The van der Waals surface area contributed by atoms with Crippen LogP contribution in [0.1, 0.15) is 31.2 Å². The number of hydrogen-bond donors (Lipinski definition) is 2. The Balaban J connectivity index is 1.90. The van der Waals surface area contributed by atoms with Gasteiger partial charge in [0.15, 0.2) is 5.96 Å². The molecule has 2 heterocycles. The first-order chi connectivity index (χ1) is 9.52. The Morgan fingerprint density at radius 1 is 1.35 bits per heavy atom. The van der Waals surface area contributed by atoms with Gasteiger partial charge in [0, 0.05) is 18.5 Å². The molecule has 1 aromatic heterocycles. The molecule has 0 atom stereocenters. The summed E-state index contributed by atoms with van der Waals surface area (Å²) in [4.78, 5) is 8.83. The summed E-state index contributed by atoms with van der Waals surface area (Å²) in [6.07, 6.45) is 0. The summed E-state index contributed by atoms with van der Waals surface area (Å²) < 4.78 is 10.8. The summed E-state index contributed by atoms with van der Waals surface area (Å²) in [5.41, 5.74) is 1.14. The van der Waals surface area contributed by atoms with Crippen LogP contribution in [0.3, 0.4) is 0 Å². The average Bonchev–Trinajstić information content (AvgIpc) is 2.70. The molecule has 0 unspecified atom stereocenters. The van der Waals surface area contributed by atoms with Crippen LogP contribution in [-0.2, 0) is 11.3 Å². The summed E-state index contributed by atoms with van der Waals surface area (Å²) in [6.45, 7) is 11.8. The van der Waals surface area contributed by atoms with E-state index in [1.54, 1.807) is 0 Å². The van der Waals surface area contributed by atoms with Crippen LogP contribution in [-0.4, -0.2) is 37.2 Å². The lowest BCUT2D eigenvalue weighted by Gasteiger charge is -2.38. The Labute approximate surface area is 120 Å². The van der Waals surface area contributed by atoms with Crippen molar-refractivity contribution in [2.75, 3.05) is 26.3 Å². The molecular weight excluding hydrogens is 256 g/mol. The van der Waals surface area contributed by atoms with Gasteiger partial charge in [-0.3, -0.25) is 0 Å². The summed E-state index contributed by atoms with van der Waals surface area (Å²) in [5.74, 6) is 2.29. The highest BCUT2D eigenvalue weighted by Crippen LogP contribution is 2.24. The Bertz CT molecular complexity index is 458. The highest BCUT2D eigenvalue weighted by atomic mass is 16.5. The largest absolute Gasteiger partial charge is 0.444 e. The van der Waals surface area contributed by atoms with Crippen molar-refractivity contribution in [1.82, 2.24) is 15.6 Å². The van der Waals surface area contributed by atoms with Crippen molar-refractivity contribution < 1.29 is 9.15 Å². The summed E-state index contributed by atoms with van der Waals surface area (Å²) in [5, 5.41) is 6.57. The van der Waals surface area contributed by atoms with Crippen molar-refractivity contribution in [3.63, 3.8) is 0 Å². The highest BCUT2D eigenvalue weighted by Gasteiger charge is 2.33. The normalized spacial score (nSPS) is 17.7. The molecule has 1 saturated heterocycles. The van der Waals surface area contributed by atoms with E-state index < -0.39 is 0 Å². The number of nitrogens with one attached hydrogen (secondary N) is 2. The van der Waals surface area contributed by atoms with Gasteiger partial charge in [-0.05, 0) is 20.8 Å². The van der Waals surface area contributed by atoms with Crippen molar-refractivity contribution in [3.8, 4) is 0 Å². The fraction of sp³-hybridized carbons (Fsp3) is 0.714. The molecule has 1 aliphatic rings. The molecule has 0 aromatic carbocycles. The molecule has 0 aliphatic carbocycles. The Hall–Kier alpha value is -1.56. The summed E-state index contributed by atoms with van der Waals surface area (Å²) in [7, 11) is 0. The number of oxazole rings is 1. The van der Waals surface area contributed by atoms with E-state index in [2.05, 4.69) is 27.5 Å². The van der Waals surface area contributed by atoms with Gasteiger partial charge in [0.05, 0.1) is 18.9 Å². The molecule has 112 valence electrons. The Morgan fingerprint density at radius 2 is 2.10 bits per heavy atom. The van der Waals surface area contributed by atoms with Crippen LogP contribution in [0.2, 0.25) is 0 Å². The van der Waals surface area contributed by atoms with E-state index in [0.717, 1.165) is 43.7 Å². The van der Waals surface area contributed by atoms with E-state index >= 15 is 0 Å². The van der Waals surface area contributed by atoms with Gasteiger partial charge in [0.2, 0.25) is 5.89 Å². The number of ether oxygens (including phenoxy) is 1. The SMILES string of the molecule is CCNC(=NCc1nc(C)c(C)o1)NCC1(C)COC1. The van der Waals surface area contributed by atoms with Crippen LogP contribution in [0, 0.1) is 19.3 Å². The molecule has 2 rings (SSSR count). The highest BCUT2D eigenvalue weighted by molar-refractivity contribution is 5.79. The second kappa shape index (κ2) is 6.26. The number of aliphatic imine (C=N–C) groups is 1. The van der Waals surface area contributed by atoms with Gasteiger partial charge < -0.3 is 19.8 Å². The first kappa shape index (κ1) is 14.8. The predicted molar refractivity (Wildman–Crippen MR) is 77.7 cm³/mol. The molecule has 0 amide bonds. The lowest BCUT2D eigenvalue weighted by molar-refractivity contribution is -0.0971. The van der Waals surface area contributed by atoms with Gasteiger partial charge in [-0.15, -0.1) is 0 Å². The number of hydrogen-bond acceptors (Lipinski definition) is 4. The van der Waals surface area contributed by atoms with Crippen molar-refractivity contribution >= 4 is 5.96 Å². The molecule has 0 bridgehead atoms. The molecule has 6 nitrogen and oxygen atoms in total. The lowest BCUT2D eigenvalue weighted by atomic mass is 9.89. The van der Waals surface area contributed by atoms with Gasteiger partial charge in [-0.2, -0.15) is 0 Å². The van der Waals surface area contributed by atoms with Crippen LogP contribution in [0.15, 0.2) is 9.41 Å². The zero-order valence-electron chi connectivity index (χ0n) is 12.7. The third-order valence-corrected chi connectivity index (χ3v) is 3.37. The van der Waals surface area contributed by atoms with Crippen LogP contribution in [0.4, 0.5) is 0 Å². The molecule has 20 heavy (non-hydrogen) atoms. The van der Waals surface area contributed by atoms with Crippen molar-refractivity contribution in [2.45, 2.75) is 34.2 Å². The van der Waals surface area contributed by atoms with Crippen molar-refractivity contribution in [1.29, 1.82) is 0 Å². The number of aryl methyl sites for hydroxylation is 2. The van der Waals surface area contributed by atoms with E-state index in [0.29, 0.717) is 12.4 Å². The third-order valence-electron chi connectivity index (χ3n) is 3.37. The van der Waals surface area contributed by atoms with Crippen molar-refractivity contribution in [2.24, 2.45) is 10.4 Å². The molecular formula is C14H24N4O2. The fourth-order valence-corrected chi connectivity index (χ4v) is 1.94. The first-order valence-corrected chi connectivity index (χ1v) is 7.05. The van der Waals surface area contributed by atoms with Crippen LogP contribution in [0.25, 0.3) is 0 Å². The molecule has 1 aromatic rings. The Morgan fingerprint density at radius 3 is 2.60 bits per heavy atom. The zero-order chi connectivity index (χ0) is 14.6. The maximum atomic E-state index is 5.53. The third kappa shape index (κ3) is 3.72. The quantitative estimate of drug-likeness (QED) is 0.630. The maximum absolute atomic E-state index is 5.53. The second-order valence-corrected chi connectivity index (χ2v) is 5.60. The predicted octanol–water partition coefficient (Wildman–Crippen LogP) is 1.38. The van der Waals surface area contributed by atoms with E-state index in [1.807, 2.05) is 20.8 Å². The molecule has 1 aliphatic heterocycles. The Kier molecular flexibility index (Phi) is 4.65. The van der Waals surface area contributed by atoms with Gasteiger partial charge in [-0.25, -0.2) is 9.98 Å². The smallest absolute Gasteiger partial charge is 0.216 e. The topological polar surface area (TPSA) is 71.7 Å². The fourth-order valence-electron chi connectivity index (χ4n) is 1.94. The minimum Gasteiger partial charge on any atom is -0.444 e. The lowest BCUT2D eigenvalue weighted by Crippen LogP contribution is -2.51. The minimum absolute atomic E-state index is 0.215. The molecule has 0 radical (unpaired) electrons. The van der Waals surface area contributed by atoms with Crippen LogP contribution >= 0.6 is 0 Å². The van der Waals surface area contributed by atoms with Gasteiger partial charge >= 0.3 is 0 Å². The number of rotatable bonds is 5. The average molecular weight is 280 g/mol. The van der Waals surface area contributed by atoms with Crippen LogP contribution < -0.4 is 10.6 Å². The van der Waals surface area contributed by atoms with E-state index in [9.17, 15) is 0 Å². The van der Waals surface area contributed by atoms with Gasteiger partial charge in [0.1, 0.15) is 12.3 Å². The molecule has 1 fully saturated rings. The second-order valence-electron chi connectivity index (χ2n) is 5.60. The molecule has 6 heteroatoms. The molecule has 0 spiro atoms. The standard InChI is InChI=1S/C14H24N4O2/c1-5-15-13(17-7-14(4)8-19-9-14)16-6-12-18-10(2)11(3)20-12/h5-9H2,1-4H3,(H2,15,16,17). The zero-order valence-corrected chi connectivity index (χ0v) is 12.7. The molecule has 0 saturated carbocycles. The van der Waals surface area contributed by atoms with E-state index in [-0.39, 0.29) is 5.41 Å². The number of nitrogens with zero attached hydrogens (tertiary/aromatic N) is 2.